The number of aromatic nitrogens is 2. The molecule has 0 unspecified atom stereocenters. The van der Waals surface area contributed by atoms with Gasteiger partial charge >= 0.3 is 0 Å². The van der Waals surface area contributed by atoms with Gasteiger partial charge < -0.3 is 5.11 Å². The van der Waals surface area contributed by atoms with E-state index in [-0.39, 0.29) is 6.61 Å². The van der Waals surface area contributed by atoms with Crippen molar-refractivity contribution in [3.63, 3.8) is 0 Å². The van der Waals surface area contributed by atoms with E-state index in [4.69, 9.17) is 5.11 Å². The van der Waals surface area contributed by atoms with Crippen molar-refractivity contribution in [2.24, 2.45) is 0 Å². The van der Waals surface area contributed by atoms with Gasteiger partial charge in [0.2, 0.25) is 0 Å². The minimum absolute atomic E-state index is 0.0684. The van der Waals surface area contributed by atoms with Crippen molar-refractivity contribution in [1.29, 1.82) is 0 Å². The number of benzene rings is 1. The van der Waals surface area contributed by atoms with Crippen molar-refractivity contribution in [2.75, 3.05) is 0 Å². The zero-order valence-electron chi connectivity index (χ0n) is 8.88. The highest BCUT2D eigenvalue weighted by atomic mass is 32.2. The third-order valence-electron chi connectivity index (χ3n) is 2.20. The Kier molecular flexibility index (Phi) is 3.58. The second-order valence-corrected chi connectivity index (χ2v) is 4.44. The Balaban J connectivity index is 2.02. The SMILES string of the molecule is Cc1nonc1CSc1cccc(CO)c1. The number of hydrogen-bond donors (Lipinski definition) is 1. The molecule has 0 spiro atoms. The lowest BCUT2D eigenvalue weighted by Gasteiger charge is -2.01. The standard InChI is InChI=1S/C11H12N2O2S/c1-8-11(13-15-12-8)7-16-10-4-2-3-9(5-10)6-14/h2-5,14H,6-7H2,1H3. The van der Waals surface area contributed by atoms with E-state index in [2.05, 4.69) is 14.9 Å². The fourth-order valence-electron chi connectivity index (χ4n) is 1.27. The lowest BCUT2D eigenvalue weighted by atomic mass is 10.2. The van der Waals surface area contributed by atoms with Gasteiger partial charge in [-0.3, -0.25) is 0 Å². The predicted octanol–water partition coefficient (Wildman–Crippen LogP) is 2.16. The minimum Gasteiger partial charge on any atom is -0.392 e. The van der Waals surface area contributed by atoms with Gasteiger partial charge in [-0.25, -0.2) is 4.63 Å². The topological polar surface area (TPSA) is 59.2 Å². The number of hydrogen-bond acceptors (Lipinski definition) is 5. The van der Waals surface area contributed by atoms with Gasteiger partial charge in [-0.2, -0.15) is 0 Å². The van der Waals surface area contributed by atoms with Crippen LogP contribution in [0.4, 0.5) is 0 Å². The van der Waals surface area contributed by atoms with Crippen molar-refractivity contribution in [3.05, 3.63) is 41.2 Å². The van der Waals surface area contributed by atoms with E-state index >= 15 is 0 Å². The van der Waals surface area contributed by atoms with E-state index in [1.807, 2.05) is 31.2 Å². The normalized spacial score (nSPS) is 10.6. The number of aliphatic hydroxyl groups is 1. The van der Waals surface area contributed by atoms with Gasteiger partial charge in [0.25, 0.3) is 0 Å². The molecule has 0 aliphatic heterocycles. The molecular formula is C11H12N2O2S. The Labute approximate surface area is 97.6 Å². The van der Waals surface area contributed by atoms with E-state index in [0.29, 0.717) is 0 Å². The number of aryl methyl sites for hydroxylation is 1. The van der Waals surface area contributed by atoms with Crippen LogP contribution in [0.2, 0.25) is 0 Å². The summed E-state index contributed by atoms with van der Waals surface area (Å²) in [6.45, 7) is 1.94. The van der Waals surface area contributed by atoms with Crippen LogP contribution in [-0.4, -0.2) is 15.4 Å². The Morgan fingerprint density at radius 3 is 2.94 bits per heavy atom. The number of rotatable bonds is 4. The zero-order valence-corrected chi connectivity index (χ0v) is 9.70. The van der Waals surface area contributed by atoms with Crippen molar-refractivity contribution in [2.45, 2.75) is 24.2 Å². The van der Waals surface area contributed by atoms with Gasteiger partial charge in [-0.05, 0) is 24.6 Å². The van der Waals surface area contributed by atoms with Crippen molar-refractivity contribution < 1.29 is 9.74 Å². The molecule has 5 heteroatoms. The Morgan fingerprint density at radius 1 is 1.38 bits per heavy atom. The molecule has 0 saturated heterocycles. The van der Waals surface area contributed by atoms with Crippen LogP contribution in [0.3, 0.4) is 0 Å². The first kappa shape index (κ1) is 11.2. The second kappa shape index (κ2) is 5.14. The van der Waals surface area contributed by atoms with Gasteiger partial charge in [-0.15, -0.1) is 11.8 Å². The lowest BCUT2D eigenvalue weighted by molar-refractivity contribution is 0.281. The summed E-state index contributed by atoms with van der Waals surface area (Å²) in [4.78, 5) is 1.11. The largest absolute Gasteiger partial charge is 0.392 e. The quantitative estimate of drug-likeness (QED) is 0.824. The fraction of sp³-hybridized carbons (Fsp3) is 0.273. The molecule has 2 rings (SSSR count). The average molecular weight is 236 g/mol. The predicted molar refractivity (Wildman–Crippen MR) is 61.0 cm³/mol. The van der Waals surface area contributed by atoms with Gasteiger partial charge in [0, 0.05) is 10.6 Å². The van der Waals surface area contributed by atoms with E-state index in [1.54, 1.807) is 11.8 Å². The van der Waals surface area contributed by atoms with Crippen LogP contribution in [0.1, 0.15) is 17.0 Å². The first-order valence-corrected chi connectivity index (χ1v) is 5.89. The Hall–Kier alpha value is -1.33. The van der Waals surface area contributed by atoms with Gasteiger partial charge in [-0.1, -0.05) is 22.4 Å². The summed E-state index contributed by atoms with van der Waals surface area (Å²) in [5, 5.41) is 16.6. The van der Waals surface area contributed by atoms with E-state index in [9.17, 15) is 0 Å². The van der Waals surface area contributed by atoms with Crippen LogP contribution in [0, 0.1) is 6.92 Å². The summed E-state index contributed by atoms with van der Waals surface area (Å²) in [7, 11) is 0. The zero-order chi connectivity index (χ0) is 11.4. The summed E-state index contributed by atoms with van der Waals surface area (Å²) in [5.74, 6) is 0.726. The molecule has 2 aromatic rings. The van der Waals surface area contributed by atoms with Crippen LogP contribution < -0.4 is 0 Å². The maximum Gasteiger partial charge on any atom is 0.118 e. The molecule has 0 bridgehead atoms. The van der Waals surface area contributed by atoms with E-state index < -0.39 is 0 Å². The molecule has 1 aromatic carbocycles. The average Bonchev–Trinajstić information content (AvgIpc) is 2.72. The van der Waals surface area contributed by atoms with Crippen molar-refractivity contribution in [1.82, 2.24) is 10.3 Å². The number of thioether (sulfide) groups is 1. The maximum absolute atomic E-state index is 9.01. The lowest BCUT2D eigenvalue weighted by Crippen LogP contribution is -1.86. The van der Waals surface area contributed by atoms with Crippen LogP contribution in [0.15, 0.2) is 33.8 Å². The third-order valence-corrected chi connectivity index (χ3v) is 3.21. The molecule has 0 amide bonds. The molecule has 1 aromatic heterocycles. The summed E-state index contributed by atoms with van der Waals surface area (Å²) >= 11 is 1.65. The fourth-order valence-corrected chi connectivity index (χ4v) is 2.24. The Morgan fingerprint density at radius 2 is 2.25 bits per heavy atom. The van der Waals surface area contributed by atoms with Gasteiger partial charge in [0.15, 0.2) is 0 Å². The van der Waals surface area contributed by atoms with E-state index in [0.717, 1.165) is 27.6 Å². The summed E-state index contributed by atoms with van der Waals surface area (Å²) in [6.07, 6.45) is 0. The molecule has 16 heavy (non-hydrogen) atoms. The molecule has 0 fully saturated rings. The van der Waals surface area contributed by atoms with Gasteiger partial charge in [0.05, 0.1) is 6.61 Å². The summed E-state index contributed by atoms with van der Waals surface area (Å²) in [5.41, 5.74) is 2.60. The van der Waals surface area contributed by atoms with E-state index in [1.165, 1.54) is 0 Å². The molecule has 1 heterocycles. The second-order valence-electron chi connectivity index (χ2n) is 3.39. The smallest absolute Gasteiger partial charge is 0.118 e. The maximum atomic E-state index is 9.01. The first-order chi connectivity index (χ1) is 7.79. The molecule has 0 aliphatic carbocycles. The highest BCUT2D eigenvalue weighted by Gasteiger charge is 2.05. The van der Waals surface area contributed by atoms with Crippen LogP contribution >= 0.6 is 11.8 Å². The summed E-state index contributed by atoms with van der Waals surface area (Å²) < 4.78 is 4.63. The molecule has 0 radical (unpaired) electrons. The molecule has 4 nitrogen and oxygen atoms in total. The molecular weight excluding hydrogens is 224 g/mol. The highest BCUT2D eigenvalue weighted by Crippen LogP contribution is 2.23. The first-order valence-electron chi connectivity index (χ1n) is 4.90. The minimum atomic E-state index is 0.0684. The van der Waals surface area contributed by atoms with Crippen LogP contribution in [0.25, 0.3) is 0 Å². The molecule has 1 N–H and O–H groups in total. The van der Waals surface area contributed by atoms with Crippen LogP contribution in [0.5, 0.6) is 0 Å². The van der Waals surface area contributed by atoms with Gasteiger partial charge in [0.1, 0.15) is 11.4 Å². The van der Waals surface area contributed by atoms with Crippen LogP contribution in [-0.2, 0) is 12.4 Å². The van der Waals surface area contributed by atoms with Crippen molar-refractivity contribution >= 4 is 11.8 Å². The third kappa shape index (κ3) is 2.62. The molecule has 0 saturated carbocycles. The highest BCUT2D eigenvalue weighted by molar-refractivity contribution is 7.98. The Bertz CT molecular complexity index is 471. The molecule has 0 atom stereocenters. The molecule has 0 aliphatic rings. The monoisotopic (exact) mass is 236 g/mol. The molecule has 84 valence electrons. The number of nitrogens with zero attached hydrogens (tertiary/aromatic N) is 2. The van der Waals surface area contributed by atoms with Crippen molar-refractivity contribution in [3.8, 4) is 0 Å². The summed E-state index contributed by atoms with van der Waals surface area (Å²) in [6, 6.07) is 7.80. The number of aliphatic hydroxyl groups excluding tert-OH is 1.